The lowest BCUT2D eigenvalue weighted by Gasteiger charge is -2.09. The standard InChI is InChI=1S/C15H19N3O3/c1-9-12-11(5-4-10-8-17-18-13(10)12)21-14(9)15(19)16-6-3-7-20-2/h8H,3-7H2,1-2H3,(H,16,19)(H,17,18). The van der Waals surface area contributed by atoms with E-state index >= 15 is 0 Å². The first-order valence-corrected chi connectivity index (χ1v) is 7.14. The Morgan fingerprint density at radius 3 is 3.19 bits per heavy atom. The quantitative estimate of drug-likeness (QED) is 0.823. The number of amides is 1. The second-order valence-corrected chi connectivity index (χ2v) is 5.23. The van der Waals surface area contributed by atoms with Gasteiger partial charge in [0.25, 0.3) is 5.91 Å². The topological polar surface area (TPSA) is 80.1 Å². The van der Waals surface area contributed by atoms with Crippen molar-refractivity contribution in [3.63, 3.8) is 0 Å². The van der Waals surface area contributed by atoms with Crippen molar-refractivity contribution < 1.29 is 13.9 Å². The summed E-state index contributed by atoms with van der Waals surface area (Å²) < 4.78 is 10.8. The molecular weight excluding hydrogens is 270 g/mol. The molecule has 0 unspecified atom stereocenters. The molecule has 2 N–H and O–H groups in total. The van der Waals surface area contributed by atoms with Gasteiger partial charge in [0.2, 0.25) is 0 Å². The number of methoxy groups -OCH3 is 1. The number of fused-ring (bicyclic) bond motifs is 3. The number of H-pyrrole nitrogens is 1. The molecule has 1 aliphatic rings. The number of aromatic nitrogens is 2. The fraction of sp³-hybridized carbons (Fsp3) is 0.467. The highest BCUT2D eigenvalue weighted by atomic mass is 16.5. The van der Waals surface area contributed by atoms with E-state index in [4.69, 9.17) is 9.15 Å². The average Bonchev–Trinajstić information content (AvgIpc) is 3.07. The number of aryl methyl sites for hydroxylation is 2. The van der Waals surface area contributed by atoms with Crippen molar-refractivity contribution >= 4 is 5.91 Å². The minimum Gasteiger partial charge on any atom is -0.455 e. The maximum absolute atomic E-state index is 12.2. The molecule has 112 valence electrons. The van der Waals surface area contributed by atoms with Crippen molar-refractivity contribution in [3.05, 3.63) is 28.8 Å². The van der Waals surface area contributed by atoms with Crippen LogP contribution in [0.1, 0.15) is 33.9 Å². The van der Waals surface area contributed by atoms with Gasteiger partial charge in [0.1, 0.15) is 5.76 Å². The number of furan rings is 1. The normalized spacial score (nSPS) is 12.9. The third kappa shape index (κ3) is 2.47. The number of carbonyl (C=O) groups excluding carboxylic acids is 1. The Morgan fingerprint density at radius 2 is 2.38 bits per heavy atom. The van der Waals surface area contributed by atoms with Crippen molar-refractivity contribution in [1.82, 2.24) is 15.5 Å². The van der Waals surface area contributed by atoms with Gasteiger partial charge in [-0.15, -0.1) is 0 Å². The van der Waals surface area contributed by atoms with Crippen LogP contribution in [0.4, 0.5) is 0 Å². The van der Waals surface area contributed by atoms with Gasteiger partial charge in [0.05, 0.1) is 11.9 Å². The molecule has 0 spiro atoms. The highest BCUT2D eigenvalue weighted by molar-refractivity contribution is 5.95. The molecular formula is C15H19N3O3. The fourth-order valence-electron chi connectivity index (χ4n) is 2.76. The van der Waals surface area contributed by atoms with Crippen LogP contribution in [0.2, 0.25) is 0 Å². The van der Waals surface area contributed by atoms with Crippen LogP contribution in [-0.4, -0.2) is 36.4 Å². The van der Waals surface area contributed by atoms with Gasteiger partial charge in [-0.1, -0.05) is 0 Å². The van der Waals surface area contributed by atoms with Crippen molar-refractivity contribution in [2.45, 2.75) is 26.2 Å². The van der Waals surface area contributed by atoms with Crippen LogP contribution in [-0.2, 0) is 17.6 Å². The Labute approximate surface area is 122 Å². The van der Waals surface area contributed by atoms with Crippen LogP contribution in [0.25, 0.3) is 11.3 Å². The monoisotopic (exact) mass is 289 g/mol. The summed E-state index contributed by atoms with van der Waals surface area (Å²) in [6, 6.07) is 0. The van der Waals surface area contributed by atoms with E-state index in [-0.39, 0.29) is 5.91 Å². The molecule has 0 radical (unpaired) electrons. The highest BCUT2D eigenvalue weighted by Gasteiger charge is 2.28. The van der Waals surface area contributed by atoms with Gasteiger partial charge in [-0.05, 0) is 25.3 Å². The minimum atomic E-state index is -0.168. The van der Waals surface area contributed by atoms with Gasteiger partial charge in [-0.3, -0.25) is 9.89 Å². The van der Waals surface area contributed by atoms with Crippen molar-refractivity contribution in [2.24, 2.45) is 0 Å². The molecule has 0 bridgehead atoms. The summed E-state index contributed by atoms with van der Waals surface area (Å²) in [4.78, 5) is 12.2. The molecule has 21 heavy (non-hydrogen) atoms. The van der Waals surface area contributed by atoms with Crippen molar-refractivity contribution in [2.75, 3.05) is 20.3 Å². The van der Waals surface area contributed by atoms with Crippen molar-refractivity contribution in [3.8, 4) is 11.3 Å². The zero-order chi connectivity index (χ0) is 14.8. The highest BCUT2D eigenvalue weighted by Crippen LogP contribution is 2.37. The second-order valence-electron chi connectivity index (χ2n) is 5.23. The van der Waals surface area contributed by atoms with Crippen LogP contribution in [0.15, 0.2) is 10.6 Å². The van der Waals surface area contributed by atoms with Crippen LogP contribution in [0, 0.1) is 6.92 Å². The molecule has 2 aromatic rings. The summed E-state index contributed by atoms with van der Waals surface area (Å²) in [5, 5.41) is 9.96. The first kappa shape index (κ1) is 13.9. The van der Waals surface area contributed by atoms with E-state index in [2.05, 4.69) is 15.5 Å². The van der Waals surface area contributed by atoms with Gasteiger partial charge < -0.3 is 14.5 Å². The second kappa shape index (κ2) is 5.73. The van der Waals surface area contributed by atoms with Crippen LogP contribution in [0.3, 0.4) is 0 Å². The molecule has 0 saturated carbocycles. The Hall–Kier alpha value is -2.08. The molecule has 0 aliphatic heterocycles. The fourth-order valence-corrected chi connectivity index (χ4v) is 2.76. The van der Waals surface area contributed by atoms with Crippen LogP contribution < -0.4 is 5.32 Å². The minimum absolute atomic E-state index is 0.168. The van der Waals surface area contributed by atoms with E-state index in [1.807, 2.05) is 13.1 Å². The molecule has 0 saturated heterocycles. The largest absolute Gasteiger partial charge is 0.455 e. The number of nitrogens with zero attached hydrogens (tertiary/aromatic N) is 1. The molecule has 2 aromatic heterocycles. The summed E-state index contributed by atoms with van der Waals surface area (Å²) in [6.45, 7) is 3.13. The SMILES string of the molecule is COCCCNC(=O)c1oc2c(c1C)-c1[nH]ncc1CC2. The van der Waals surface area contributed by atoms with Gasteiger partial charge in [0.15, 0.2) is 5.76 Å². The Bertz CT molecular complexity index is 657. The van der Waals surface area contributed by atoms with E-state index < -0.39 is 0 Å². The predicted octanol–water partition coefficient (Wildman–Crippen LogP) is 1.84. The number of nitrogens with one attached hydrogen (secondary N) is 2. The predicted molar refractivity (Wildman–Crippen MR) is 77.3 cm³/mol. The van der Waals surface area contributed by atoms with E-state index in [0.29, 0.717) is 18.9 Å². The molecule has 6 heteroatoms. The van der Waals surface area contributed by atoms with E-state index in [9.17, 15) is 4.79 Å². The summed E-state index contributed by atoms with van der Waals surface area (Å²) >= 11 is 0. The van der Waals surface area contributed by atoms with E-state index in [1.54, 1.807) is 7.11 Å². The van der Waals surface area contributed by atoms with Gasteiger partial charge >= 0.3 is 0 Å². The number of rotatable bonds is 5. The zero-order valence-electron chi connectivity index (χ0n) is 12.3. The average molecular weight is 289 g/mol. The lowest BCUT2D eigenvalue weighted by atomic mass is 9.93. The molecule has 1 aliphatic carbocycles. The molecule has 0 aromatic carbocycles. The summed E-state index contributed by atoms with van der Waals surface area (Å²) in [6.07, 6.45) is 4.32. The first-order chi connectivity index (χ1) is 10.2. The number of ether oxygens (including phenoxy) is 1. The number of aromatic amines is 1. The smallest absolute Gasteiger partial charge is 0.287 e. The van der Waals surface area contributed by atoms with Gasteiger partial charge in [-0.2, -0.15) is 5.10 Å². The van der Waals surface area contributed by atoms with Crippen LogP contribution >= 0.6 is 0 Å². The summed E-state index contributed by atoms with van der Waals surface area (Å²) in [7, 11) is 1.65. The molecule has 3 rings (SSSR count). The van der Waals surface area contributed by atoms with E-state index in [1.165, 1.54) is 5.56 Å². The Kier molecular flexibility index (Phi) is 3.79. The first-order valence-electron chi connectivity index (χ1n) is 7.14. The van der Waals surface area contributed by atoms with Crippen molar-refractivity contribution in [1.29, 1.82) is 0 Å². The summed E-state index contributed by atoms with van der Waals surface area (Å²) in [5.74, 6) is 1.10. The van der Waals surface area contributed by atoms with Gasteiger partial charge in [-0.25, -0.2) is 0 Å². The lowest BCUT2D eigenvalue weighted by molar-refractivity contribution is 0.0918. The third-order valence-electron chi connectivity index (χ3n) is 3.83. The van der Waals surface area contributed by atoms with Gasteiger partial charge in [0, 0.05) is 37.8 Å². The number of hydrogen-bond acceptors (Lipinski definition) is 4. The molecule has 2 heterocycles. The molecule has 0 fully saturated rings. The summed E-state index contributed by atoms with van der Waals surface area (Å²) in [5.41, 5.74) is 4.03. The Balaban J connectivity index is 1.81. The van der Waals surface area contributed by atoms with E-state index in [0.717, 1.165) is 41.8 Å². The lowest BCUT2D eigenvalue weighted by Crippen LogP contribution is -2.25. The number of carbonyl (C=O) groups is 1. The molecule has 0 atom stereocenters. The number of hydrogen-bond donors (Lipinski definition) is 2. The zero-order valence-corrected chi connectivity index (χ0v) is 12.3. The van der Waals surface area contributed by atoms with Crippen LogP contribution in [0.5, 0.6) is 0 Å². The molecule has 1 amide bonds. The third-order valence-corrected chi connectivity index (χ3v) is 3.83. The molecule has 6 nitrogen and oxygen atoms in total. The maximum Gasteiger partial charge on any atom is 0.287 e. The Morgan fingerprint density at radius 1 is 1.52 bits per heavy atom. The maximum atomic E-state index is 12.2.